The highest BCUT2D eigenvalue weighted by molar-refractivity contribution is 5.81. The number of benzene rings is 1. The molecule has 0 saturated carbocycles. The van der Waals surface area contributed by atoms with Gasteiger partial charge >= 0.3 is 11.9 Å². The number of nitrogens with zero attached hydrogens (tertiary/aromatic N) is 1. The van der Waals surface area contributed by atoms with E-state index in [-0.39, 0.29) is 24.0 Å². The van der Waals surface area contributed by atoms with E-state index < -0.39 is 41.3 Å². The Hall–Kier alpha value is -2.62. The molecule has 3 N–H and O–H groups in total. The van der Waals surface area contributed by atoms with Gasteiger partial charge in [0.25, 0.3) is 0 Å². The fourth-order valence-corrected chi connectivity index (χ4v) is 5.96. The van der Waals surface area contributed by atoms with Crippen molar-refractivity contribution in [2.75, 3.05) is 13.6 Å². The van der Waals surface area contributed by atoms with Crippen molar-refractivity contribution in [1.29, 1.82) is 0 Å². The third-order valence-corrected chi connectivity index (χ3v) is 7.54. The van der Waals surface area contributed by atoms with E-state index in [4.69, 9.17) is 14.2 Å². The zero-order valence-electron chi connectivity index (χ0n) is 18.2. The van der Waals surface area contributed by atoms with Crippen LogP contribution in [0, 0.1) is 0 Å². The van der Waals surface area contributed by atoms with Crippen molar-refractivity contribution in [3.63, 3.8) is 0 Å². The molecule has 6 atom stereocenters. The second-order valence-corrected chi connectivity index (χ2v) is 9.28. The largest absolute Gasteiger partial charge is 0.504 e. The van der Waals surface area contributed by atoms with Gasteiger partial charge in [0, 0.05) is 18.0 Å². The number of aliphatic hydroxyl groups is 2. The van der Waals surface area contributed by atoms with Crippen molar-refractivity contribution in [3.05, 3.63) is 35.1 Å². The van der Waals surface area contributed by atoms with Crippen molar-refractivity contribution in [2.24, 2.45) is 0 Å². The normalized spacial score (nSPS) is 34.0. The summed E-state index contributed by atoms with van der Waals surface area (Å²) in [6.45, 7) is 3.32. The number of hydrogen-bond donors (Lipinski definition) is 3. The van der Waals surface area contributed by atoms with Gasteiger partial charge < -0.3 is 34.4 Å². The van der Waals surface area contributed by atoms with E-state index in [1.165, 1.54) is 13.8 Å². The average Bonchev–Trinajstić information content (AvgIpc) is 3.10. The summed E-state index contributed by atoms with van der Waals surface area (Å²) in [4.78, 5) is 26.5. The summed E-state index contributed by atoms with van der Waals surface area (Å²) in [7, 11) is 1.99. The zero-order chi connectivity index (χ0) is 23.0. The molecule has 32 heavy (non-hydrogen) atoms. The van der Waals surface area contributed by atoms with Crippen LogP contribution in [0.3, 0.4) is 0 Å². The SMILES string of the molecule is C[C@H](O)C(=O)O[C@@H](C)C(=O)OC1=CC[C@@]2(O)[C@H]3Cc4ccc(O)c5c4C2(CCN3C)C1O5. The lowest BCUT2D eigenvalue weighted by molar-refractivity contribution is -0.177. The Kier molecular flexibility index (Phi) is 4.60. The number of carbonyl (C=O) groups is 2. The molecule has 9 nitrogen and oxygen atoms in total. The van der Waals surface area contributed by atoms with Gasteiger partial charge in [0.05, 0.1) is 11.0 Å². The van der Waals surface area contributed by atoms with E-state index in [1.807, 2.05) is 13.1 Å². The molecule has 1 aromatic carbocycles. The molecule has 9 heteroatoms. The predicted octanol–water partition coefficient (Wildman–Crippen LogP) is 0.526. The molecule has 2 bridgehead atoms. The molecule has 2 unspecified atom stereocenters. The molecule has 1 aromatic rings. The molecular weight excluding hydrogens is 418 g/mol. The standard InChI is InChI=1S/C23H27NO8/c1-11(25)20(27)30-12(2)21(28)31-15-6-7-23(29)16-10-13-4-5-14(26)18-17(13)22(23,19(15)32-18)8-9-24(16)3/h4-6,11-12,16,19,25-26,29H,7-10H2,1-3H3/t11-,12-,16+,19?,22?,23+/m0/s1. The molecule has 2 heterocycles. The Labute approximate surface area is 185 Å². The molecule has 2 aliphatic carbocycles. The number of piperidine rings is 1. The van der Waals surface area contributed by atoms with Gasteiger partial charge in [-0.05, 0) is 58.0 Å². The molecular formula is C23H27NO8. The summed E-state index contributed by atoms with van der Waals surface area (Å²) in [5.74, 6) is -1.20. The van der Waals surface area contributed by atoms with E-state index in [0.29, 0.717) is 25.1 Å². The number of esters is 2. The number of aromatic hydroxyl groups is 1. The maximum absolute atomic E-state index is 12.7. The Morgan fingerprint density at radius 1 is 1.28 bits per heavy atom. The topological polar surface area (TPSA) is 126 Å². The van der Waals surface area contributed by atoms with Gasteiger partial charge in [-0.25, -0.2) is 9.59 Å². The fourth-order valence-electron chi connectivity index (χ4n) is 5.96. The number of ether oxygens (including phenoxy) is 3. The van der Waals surface area contributed by atoms with Crippen LogP contribution in [0.1, 0.15) is 37.8 Å². The number of carbonyl (C=O) groups excluding carboxylic acids is 2. The Morgan fingerprint density at radius 3 is 2.75 bits per heavy atom. The first-order chi connectivity index (χ1) is 15.1. The first-order valence-electron chi connectivity index (χ1n) is 10.8. The minimum atomic E-state index is -1.36. The van der Waals surface area contributed by atoms with Crippen LogP contribution >= 0.6 is 0 Å². The van der Waals surface area contributed by atoms with Crippen LogP contribution in [0.2, 0.25) is 0 Å². The van der Waals surface area contributed by atoms with Crippen molar-refractivity contribution in [1.82, 2.24) is 4.90 Å². The van der Waals surface area contributed by atoms with Crippen LogP contribution in [0.5, 0.6) is 11.5 Å². The highest BCUT2D eigenvalue weighted by Gasteiger charge is 2.72. The predicted molar refractivity (Wildman–Crippen MR) is 110 cm³/mol. The van der Waals surface area contributed by atoms with Gasteiger partial charge in [0.15, 0.2) is 23.7 Å². The average molecular weight is 445 g/mol. The van der Waals surface area contributed by atoms with Crippen LogP contribution in [-0.4, -0.2) is 75.7 Å². The zero-order valence-corrected chi connectivity index (χ0v) is 18.2. The van der Waals surface area contributed by atoms with Crippen molar-refractivity contribution < 1.29 is 39.1 Å². The van der Waals surface area contributed by atoms with Crippen LogP contribution in [0.15, 0.2) is 24.0 Å². The van der Waals surface area contributed by atoms with Crippen LogP contribution in [-0.2, 0) is 30.9 Å². The Morgan fingerprint density at radius 2 is 2.03 bits per heavy atom. The number of phenolic OH excluding ortho intramolecular Hbond substituents is 1. The molecule has 0 aromatic heterocycles. The lowest BCUT2D eigenvalue weighted by atomic mass is 9.50. The molecule has 1 spiro atoms. The van der Waals surface area contributed by atoms with E-state index in [0.717, 1.165) is 11.1 Å². The quantitative estimate of drug-likeness (QED) is 0.569. The summed E-state index contributed by atoms with van der Waals surface area (Å²) in [5.41, 5.74) is -0.217. The summed E-state index contributed by atoms with van der Waals surface area (Å²) in [6.07, 6.45) is -0.302. The van der Waals surface area contributed by atoms with E-state index in [9.17, 15) is 24.9 Å². The van der Waals surface area contributed by atoms with Gasteiger partial charge in [-0.3, -0.25) is 0 Å². The number of likely N-dealkylation sites (N-methyl/N-ethyl adjacent to an activating group) is 1. The van der Waals surface area contributed by atoms with E-state index in [1.54, 1.807) is 12.1 Å². The van der Waals surface area contributed by atoms with Gasteiger partial charge in [0.1, 0.15) is 11.9 Å². The smallest absolute Gasteiger partial charge is 0.352 e. The van der Waals surface area contributed by atoms with Crippen molar-refractivity contribution in [3.8, 4) is 11.5 Å². The van der Waals surface area contributed by atoms with Crippen molar-refractivity contribution >= 4 is 11.9 Å². The number of aliphatic hydroxyl groups excluding tert-OH is 1. The fraction of sp³-hybridized carbons (Fsp3) is 0.565. The molecule has 0 radical (unpaired) electrons. The number of rotatable bonds is 4. The summed E-state index contributed by atoms with van der Waals surface area (Å²) >= 11 is 0. The van der Waals surface area contributed by atoms with Gasteiger partial charge in [-0.2, -0.15) is 0 Å². The molecule has 1 saturated heterocycles. The van der Waals surface area contributed by atoms with Crippen LogP contribution in [0.25, 0.3) is 0 Å². The molecule has 5 rings (SSSR count). The minimum Gasteiger partial charge on any atom is -0.504 e. The van der Waals surface area contributed by atoms with E-state index >= 15 is 0 Å². The second-order valence-electron chi connectivity index (χ2n) is 9.28. The first kappa shape index (κ1) is 21.2. The Bertz CT molecular complexity index is 1040. The highest BCUT2D eigenvalue weighted by atomic mass is 16.6. The summed E-state index contributed by atoms with van der Waals surface area (Å²) < 4.78 is 16.8. The number of phenols is 1. The van der Waals surface area contributed by atoms with Crippen LogP contribution < -0.4 is 4.74 Å². The Balaban J connectivity index is 1.53. The number of likely N-dealkylation sites (tertiary alicyclic amines) is 1. The third-order valence-electron chi connectivity index (χ3n) is 7.54. The maximum atomic E-state index is 12.7. The molecule has 1 fully saturated rings. The lowest BCUT2D eigenvalue weighted by Crippen LogP contribution is -2.74. The minimum absolute atomic E-state index is 0.0165. The molecule has 0 amide bonds. The second kappa shape index (κ2) is 6.94. The lowest BCUT2D eigenvalue weighted by Gasteiger charge is -2.61. The van der Waals surface area contributed by atoms with Gasteiger partial charge in [-0.15, -0.1) is 0 Å². The molecule has 172 valence electrons. The van der Waals surface area contributed by atoms with E-state index in [2.05, 4.69) is 4.90 Å². The molecule has 4 aliphatic rings. The van der Waals surface area contributed by atoms with Crippen LogP contribution in [0.4, 0.5) is 0 Å². The summed E-state index contributed by atoms with van der Waals surface area (Å²) in [5, 5.41) is 31.9. The highest BCUT2D eigenvalue weighted by Crippen LogP contribution is 2.65. The number of hydrogen-bond acceptors (Lipinski definition) is 9. The third kappa shape index (κ3) is 2.61. The van der Waals surface area contributed by atoms with Crippen molar-refractivity contribution in [2.45, 2.75) is 68.5 Å². The monoisotopic (exact) mass is 445 g/mol. The summed E-state index contributed by atoms with van der Waals surface area (Å²) in [6, 6.07) is 3.31. The van der Waals surface area contributed by atoms with Gasteiger partial charge in [-0.1, -0.05) is 6.07 Å². The molecule has 2 aliphatic heterocycles. The van der Waals surface area contributed by atoms with Gasteiger partial charge in [0.2, 0.25) is 0 Å². The first-order valence-corrected chi connectivity index (χ1v) is 10.8. The maximum Gasteiger partial charge on any atom is 0.352 e.